The van der Waals surface area contributed by atoms with E-state index in [9.17, 15) is 4.79 Å². The normalized spacial score (nSPS) is 11.8. The van der Waals surface area contributed by atoms with Crippen LogP contribution in [-0.4, -0.2) is 33.7 Å². The summed E-state index contributed by atoms with van der Waals surface area (Å²) in [6.45, 7) is 2.78. The van der Waals surface area contributed by atoms with Crippen LogP contribution in [0, 0.1) is 0 Å². The Bertz CT molecular complexity index is 435. The molecule has 1 atom stereocenters. The molecule has 1 rings (SSSR count). The number of ether oxygens (including phenoxy) is 2. The van der Waals surface area contributed by atoms with Gasteiger partial charge in [0.25, 0.3) is 0 Å². The van der Waals surface area contributed by atoms with E-state index < -0.39 is 0 Å². The van der Waals surface area contributed by atoms with Gasteiger partial charge < -0.3 is 20.1 Å². The first kappa shape index (κ1) is 16.3. The molecule has 112 valence electrons. The fourth-order valence-corrected chi connectivity index (χ4v) is 1.99. The Labute approximate surface area is 120 Å². The second kappa shape index (κ2) is 8.43. The SMILES string of the molecule is CNCCCC(=O)NC(C)c1cc(OC)ccc1OC. The molecule has 0 spiro atoms. The fraction of sp³-hybridized carbons (Fsp3) is 0.533. The number of rotatable bonds is 8. The van der Waals surface area contributed by atoms with Crippen molar-refractivity contribution in [1.82, 2.24) is 10.6 Å². The van der Waals surface area contributed by atoms with Crippen molar-refractivity contribution in [2.45, 2.75) is 25.8 Å². The summed E-state index contributed by atoms with van der Waals surface area (Å²) < 4.78 is 10.5. The molecule has 1 aromatic rings. The molecule has 5 nitrogen and oxygen atoms in total. The zero-order valence-corrected chi connectivity index (χ0v) is 12.7. The molecule has 1 aromatic carbocycles. The molecule has 0 heterocycles. The first-order valence-corrected chi connectivity index (χ1v) is 6.78. The van der Waals surface area contributed by atoms with Crippen LogP contribution in [0.4, 0.5) is 0 Å². The lowest BCUT2D eigenvalue weighted by molar-refractivity contribution is -0.121. The maximum absolute atomic E-state index is 11.8. The summed E-state index contributed by atoms with van der Waals surface area (Å²) in [5.41, 5.74) is 0.911. The largest absolute Gasteiger partial charge is 0.497 e. The van der Waals surface area contributed by atoms with Crippen molar-refractivity contribution < 1.29 is 14.3 Å². The molecule has 0 bridgehead atoms. The molecule has 0 aliphatic heterocycles. The highest BCUT2D eigenvalue weighted by Gasteiger charge is 2.14. The maximum Gasteiger partial charge on any atom is 0.220 e. The molecule has 0 aromatic heterocycles. The van der Waals surface area contributed by atoms with Crippen molar-refractivity contribution in [3.8, 4) is 11.5 Å². The summed E-state index contributed by atoms with van der Waals surface area (Å²) in [6.07, 6.45) is 1.34. The summed E-state index contributed by atoms with van der Waals surface area (Å²) in [4.78, 5) is 11.8. The molecule has 0 saturated carbocycles. The topological polar surface area (TPSA) is 59.6 Å². The van der Waals surface area contributed by atoms with E-state index in [1.165, 1.54) is 0 Å². The molecule has 0 aliphatic carbocycles. The molecule has 0 saturated heterocycles. The number of methoxy groups -OCH3 is 2. The zero-order chi connectivity index (χ0) is 15.0. The first-order valence-electron chi connectivity index (χ1n) is 6.78. The maximum atomic E-state index is 11.8. The van der Waals surface area contributed by atoms with Gasteiger partial charge in [-0.15, -0.1) is 0 Å². The van der Waals surface area contributed by atoms with E-state index in [-0.39, 0.29) is 11.9 Å². The molecular formula is C15H24N2O3. The van der Waals surface area contributed by atoms with Crippen LogP contribution in [0.15, 0.2) is 18.2 Å². The predicted molar refractivity (Wildman–Crippen MR) is 79.3 cm³/mol. The Balaban J connectivity index is 2.70. The van der Waals surface area contributed by atoms with Gasteiger partial charge in [-0.1, -0.05) is 0 Å². The Morgan fingerprint density at radius 3 is 2.65 bits per heavy atom. The number of nitrogens with one attached hydrogen (secondary N) is 2. The number of amides is 1. The van der Waals surface area contributed by atoms with Gasteiger partial charge in [0, 0.05) is 12.0 Å². The summed E-state index contributed by atoms with van der Waals surface area (Å²) in [7, 11) is 5.11. The number of carbonyl (C=O) groups is 1. The molecule has 1 amide bonds. The number of carbonyl (C=O) groups excluding carboxylic acids is 1. The van der Waals surface area contributed by atoms with Gasteiger partial charge in [0.1, 0.15) is 11.5 Å². The van der Waals surface area contributed by atoms with Crippen molar-refractivity contribution in [3.05, 3.63) is 23.8 Å². The average Bonchev–Trinajstić information content (AvgIpc) is 2.46. The van der Waals surface area contributed by atoms with E-state index in [0.717, 1.165) is 30.0 Å². The minimum Gasteiger partial charge on any atom is -0.497 e. The third-order valence-corrected chi connectivity index (χ3v) is 3.11. The number of hydrogen-bond donors (Lipinski definition) is 2. The second-order valence-electron chi connectivity index (χ2n) is 4.60. The van der Waals surface area contributed by atoms with Crippen LogP contribution in [-0.2, 0) is 4.79 Å². The molecule has 0 radical (unpaired) electrons. The summed E-state index contributed by atoms with van der Waals surface area (Å²) in [5.74, 6) is 1.53. The molecule has 1 unspecified atom stereocenters. The average molecular weight is 280 g/mol. The fourth-order valence-electron chi connectivity index (χ4n) is 1.99. The Kier molecular flexibility index (Phi) is 6.87. The summed E-state index contributed by atoms with van der Waals surface area (Å²) in [6, 6.07) is 5.45. The van der Waals surface area contributed by atoms with Gasteiger partial charge in [0.2, 0.25) is 5.91 Å². The van der Waals surface area contributed by atoms with Crippen molar-refractivity contribution in [3.63, 3.8) is 0 Å². The minimum atomic E-state index is -0.123. The molecular weight excluding hydrogens is 256 g/mol. The zero-order valence-electron chi connectivity index (χ0n) is 12.7. The monoisotopic (exact) mass is 280 g/mol. The molecule has 0 fully saturated rings. The van der Waals surface area contributed by atoms with Gasteiger partial charge >= 0.3 is 0 Å². The van der Waals surface area contributed by atoms with Gasteiger partial charge in [0.15, 0.2) is 0 Å². The van der Waals surface area contributed by atoms with Gasteiger partial charge in [-0.2, -0.15) is 0 Å². The van der Waals surface area contributed by atoms with Crippen molar-refractivity contribution >= 4 is 5.91 Å². The van der Waals surface area contributed by atoms with Crippen LogP contribution in [0.1, 0.15) is 31.4 Å². The molecule has 2 N–H and O–H groups in total. The predicted octanol–water partition coefficient (Wildman–Crippen LogP) is 1.88. The molecule has 5 heteroatoms. The van der Waals surface area contributed by atoms with Crippen LogP contribution in [0.3, 0.4) is 0 Å². The quantitative estimate of drug-likeness (QED) is 0.714. The van der Waals surface area contributed by atoms with Crippen LogP contribution >= 0.6 is 0 Å². The standard InChI is InChI=1S/C15H24N2O3/c1-11(17-15(18)6-5-9-16-2)13-10-12(19-3)7-8-14(13)20-4/h7-8,10-11,16H,5-6,9H2,1-4H3,(H,17,18). The van der Waals surface area contributed by atoms with Crippen LogP contribution in [0.5, 0.6) is 11.5 Å². The Morgan fingerprint density at radius 1 is 1.30 bits per heavy atom. The van der Waals surface area contributed by atoms with Crippen molar-refractivity contribution in [2.75, 3.05) is 27.8 Å². The third-order valence-electron chi connectivity index (χ3n) is 3.11. The lowest BCUT2D eigenvalue weighted by Crippen LogP contribution is -2.27. The van der Waals surface area contributed by atoms with E-state index in [1.54, 1.807) is 14.2 Å². The summed E-state index contributed by atoms with van der Waals surface area (Å²) in [5, 5.41) is 6.00. The van der Waals surface area contributed by atoms with Crippen molar-refractivity contribution in [1.29, 1.82) is 0 Å². The highest BCUT2D eigenvalue weighted by atomic mass is 16.5. The smallest absolute Gasteiger partial charge is 0.220 e. The third kappa shape index (κ3) is 4.74. The lowest BCUT2D eigenvalue weighted by Gasteiger charge is -2.18. The van der Waals surface area contributed by atoms with Crippen molar-refractivity contribution in [2.24, 2.45) is 0 Å². The highest BCUT2D eigenvalue weighted by Crippen LogP contribution is 2.29. The van der Waals surface area contributed by atoms with E-state index in [4.69, 9.17) is 9.47 Å². The van der Waals surface area contributed by atoms with E-state index in [1.807, 2.05) is 32.2 Å². The number of benzene rings is 1. The van der Waals surface area contributed by atoms with Gasteiger partial charge in [-0.25, -0.2) is 0 Å². The van der Waals surface area contributed by atoms with E-state index in [2.05, 4.69) is 10.6 Å². The summed E-state index contributed by atoms with van der Waals surface area (Å²) >= 11 is 0. The Morgan fingerprint density at radius 2 is 2.05 bits per heavy atom. The Hall–Kier alpha value is -1.75. The second-order valence-corrected chi connectivity index (χ2v) is 4.60. The van der Waals surface area contributed by atoms with E-state index in [0.29, 0.717) is 6.42 Å². The van der Waals surface area contributed by atoms with Gasteiger partial charge in [-0.05, 0) is 45.1 Å². The van der Waals surface area contributed by atoms with Crippen LogP contribution < -0.4 is 20.1 Å². The lowest BCUT2D eigenvalue weighted by atomic mass is 10.1. The number of hydrogen-bond acceptors (Lipinski definition) is 4. The van der Waals surface area contributed by atoms with Crippen LogP contribution in [0.2, 0.25) is 0 Å². The highest BCUT2D eigenvalue weighted by molar-refractivity contribution is 5.76. The van der Waals surface area contributed by atoms with E-state index >= 15 is 0 Å². The van der Waals surface area contributed by atoms with Gasteiger partial charge in [-0.3, -0.25) is 4.79 Å². The molecule has 20 heavy (non-hydrogen) atoms. The van der Waals surface area contributed by atoms with Gasteiger partial charge in [0.05, 0.1) is 20.3 Å². The minimum absolute atomic E-state index is 0.0395. The first-order chi connectivity index (χ1) is 9.62. The van der Waals surface area contributed by atoms with Crippen LogP contribution in [0.25, 0.3) is 0 Å². The molecule has 0 aliphatic rings.